The van der Waals surface area contributed by atoms with Crippen LogP contribution in [0.2, 0.25) is 0 Å². The predicted octanol–water partition coefficient (Wildman–Crippen LogP) is 2.55. The van der Waals surface area contributed by atoms with Gasteiger partial charge in [0.05, 0.1) is 12.8 Å². The number of nitrogens with zero attached hydrogens (tertiary/aromatic N) is 2. The molecule has 0 spiro atoms. The van der Waals surface area contributed by atoms with E-state index in [0.717, 1.165) is 45.1 Å². The van der Waals surface area contributed by atoms with Crippen LogP contribution in [0.25, 0.3) is 0 Å². The molecule has 0 fully saturated rings. The van der Waals surface area contributed by atoms with Crippen LogP contribution in [0, 0.1) is 0 Å². The smallest absolute Gasteiger partial charge is 0.191 e. The minimum atomic E-state index is -1.11. The average molecular weight is 353 g/mol. The highest BCUT2D eigenvalue weighted by atomic mass is 16.4. The van der Waals surface area contributed by atoms with E-state index < -0.39 is 5.60 Å². The molecule has 1 aromatic heterocycles. The van der Waals surface area contributed by atoms with Crippen LogP contribution in [-0.4, -0.2) is 55.2 Å². The molecule has 0 aliphatic carbocycles. The highest BCUT2D eigenvalue weighted by Gasteiger charge is 2.26. The van der Waals surface area contributed by atoms with Crippen LogP contribution in [-0.2, 0) is 5.60 Å². The molecule has 0 radical (unpaired) electrons. The van der Waals surface area contributed by atoms with Gasteiger partial charge in [-0.2, -0.15) is 0 Å². The summed E-state index contributed by atoms with van der Waals surface area (Å²) in [6, 6.07) is 3.54. The van der Waals surface area contributed by atoms with Gasteiger partial charge in [0.2, 0.25) is 0 Å². The zero-order valence-corrected chi connectivity index (χ0v) is 16.3. The fraction of sp³-hybridized carbons (Fsp3) is 0.737. The first-order valence-electron chi connectivity index (χ1n) is 9.54. The summed E-state index contributed by atoms with van der Waals surface area (Å²) in [5, 5.41) is 17.1. The third-order valence-corrected chi connectivity index (χ3v) is 3.96. The van der Waals surface area contributed by atoms with Crippen LogP contribution in [0.15, 0.2) is 27.8 Å². The molecule has 25 heavy (non-hydrogen) atoms. The molecular formula is C19H36N4O2. The molecule has 0 aliphatic rings. The van der Waals surface area contributed by atoms with Gasteiger partial charge in [-0.1, -0.05) is 13.8 Å². The molecule has 3 N–H and O–H groups in total. The first-order chi connectivity index (χ1) is 12.0. The van der Waals surface area contributed by atoms with Crippen molar-refractivity contribution in [3.8, 4) is 0 Å². The molecule has 0 saturated carbocycles. The van der Waals surface area contributed by atoms with Gasteiger partial charge in [-0.25, -0.2) is 4.99 Å². The fourth-order valence-electron chi connectivity index (χ4n) is 2.72. The zero-order chi connectivity index (χ0) is 18.5. The van der Waals surface area contributed by atoms with Gasteiger partial charge >= 0.3 is 0 Å². The molecular weight excluding hydrogens is 316 g/mol. The molecule has 1 rings (SSSR count). The number of hydrogen-bond acceptors (Lipinski definition) is 4. The van der Waals surface area contributed by atoms with Crippen molar-refractivity contribution in [2.24, 2.45) is 4.99 Å². The third kappa shape index (κ3) is 8.40. The predicted molar refractivity (Wildman–Crippen MR) is 104 cm³/mol. The van der Waals surface area contributed by atoms with Gasteiger partial charge in [0.1, 0.15) is 11.4 Å². The summed E-state index contributed by atoms with van der Waals surface area (Å²) >= 11 is 0. The summed E-state index contributed by atoms with van der Waals surface area (Å²) in [4.78, 5) is 7.01. The van der Waals surface area contributed by atoms with Gasteiger partial charge in [0.25, 0.3) is 0 Å². The van der Waals surface area contributed by atoms with Crippen LogP contribution in [0.1, 0.15) is 52.7 Å². The fourth-order valence-corrected chi connectivity index (χ4v) is 2.72. The van der Waals surface area contributed by atoms with E-state index >= 15 is 0 Å². The standard InChI is InChI=1S/C19H36N4O2/c1-5-12-23(13-6-2)14-9-11-21-18(20-7-3)22-16-19(4,24)17-10-8-15-25-17/h8,10,15,24H,5-7,9,11-14,16H2,1-4H3,(H2,20,21,22). The molecule has 1 heterocycles. The van der Waals surface area contributed by atoms with Crippen molar-refractivity contribution in [2.75, 3.05) is 39.3 Å². The van der Waals surface area contributed by atoms with E-state index in [1.807, 2.05) is 6.92 Å². The monoisotopic (exact) mass is 352 g/mol. The molecule has 0 bridgehead atoms. The first-order valence-corrected chi connectivity index (χ1v) is 9.54. The lowest BCUT2D eigenvalue weighted by Crippen LogP contribution is -2.40. The Morgan fingerprint density at radius 1 is 1.20 bits per heavy atom. The van der Waals surface area contributed by atoms with Gasteiger partial charge < -0.3 is 25.1 Å². The van der Waals surface area contributed by atoms with E-state index in [9.17, 15) is 5.11 Å². The highest BCUT2D eigenvalue weighted by molar-refractivity contribution is 5.79. The maximum absolute atomic E-state index is 10.5. The largest absolute Gasteiger partial charge is 0.466 e. The molecule has 0 aliphatic heterocycles. The van der Waals surface area contributed by atoms with E-state index in [0.29, 0.717) is 5.76 Å². The van der Waals surface area contributed by atoms with Crippen molar-refractivity contribution in [3.63, 3.8) is 0 Å². The lowest BCUT2D eigenvalue weighted by Gasteiger charge is -2.22. The molecule has 0 aromatic carbocycles. The third-order valence-electron chi connectivity index (χ3n) is 3.96. The Morgan fingerprint density at radius 3 is 2.48 bits per heavy atom. The average Bonchev–Trinajstić information content (AvgIpc) is 3.12. The Balaban J connectivity index is 2.45. The summed E-state index contributed by atoms with van der Waals surface area (Å²) in [5.74, 6) is 1.26. The molecule has 144 valence electrons. The van der Waals surface area contributed by atoms with Crippen LogP contribution in [0.4, 0.5) is 0 Å². The second-order valence-electron chi connectivity index (χ2n) is 6.57. The van der Waals surface area contributed by atoms with Gasteiger partial charge in [0.15, 0.2) is 5.96 Å². The van der Waals surface area contributed by atoms with Gasteiger partial charge in [-0.05, 0) is 64.9 Å². The Bertz CT molecular complexity index is 466. The number of hydrogen-bond donors (Lipinski definition) is 3. The number of furan rings is 1. The second kappa shape index (κ2) is 11.9. The van der Waals surface area contributed by atoms with Crippen LogP contribution in [0.5, 0.6) is 0 Å². The molecule has 1 unspecified atom stereocenters. The van der Waals surface area contributed by atoms with Crippen molar-refractivity contribution in [1.29, 1.82) is 0 Å². The van der Waals surface area contributed by atoms with E-state index in [2.05, 4.69) is 34.4 Å². The summed E-state index contributed by atoms with van der Waals surface area (Å²) in [6.45, 7) is 13.5. The Morgan fingerprint density at radius 2 is 1.92 bits per heavy atom. The molecule has 1 aromatic rings. The van der Waals surface area contributed by atoms with E-state index in [1.165, 1.54) is 12.8 Å². The molecule has 6 heteroatoms. The zero-order valence-electron chi connectivity index (χ0n) is 16.3. The van der Waals surface area contributed by atoms with E-state index in [4.69, 9.17) is 4.42 Å². The van der Waals surface area contributed by atoms with Crippen molar-refractivity contribution < 1.29 is 9.52 Å². The van der Waals surface area contributed by atoms with Crippen LogP contribution < -0.4 is 10.6 Å². The van der Waals surface area contributed by atoms with Gasteiger partial charge in [-0.3, -0.25) is 0 Å². The maximum atomic E-state index is 10.5. The number of nitrogens with one attached hydrogen (secondary N) is 2. The van der Waals surface area contributed by atoms with Crippen molar-refractivity contribution in [3.05, 3.63) is 24.2 Å². The number of aliphatic imine (C=N–C) groups is 1. The highest BCUT2D eigenvalue weighted by Crippen LogP contribution is 2.20. The minimum Gasteiger partial charge on any atom is -0.466 e. The van der Waals surface area contributed by atoms with E-state index in [-0.39, 0.29) is 6.54 Å². The SMILES string of the molecule is CCCN(CCC)CCCNC(=NCC(C)(O)c1ccco1)NCC. The Labute approximate surface area is 152 Å². The molecule has 0 saturated heterocycles. The van der Waals surface area contributed by atoms with Crippen molar-refractivity contribution >= 4 is 5.96 Å². The quantitative estimate of drug-likeness (QED) is 0.306. The number of rotatable bonds is 12. The Hall–Kier alpha value is -1.53. The first kappa shape index (κ1) is 21.5. The van der Waals surface area contributed by atoms with Crippen molar-refractivity contribution in [1.82, 2.24) is 15.5 Å². The normalized spacial score (nSPS) is 14.6. The lowest BCUT2D eigenvalue weighted by atomic mass is 10.0. The van der Waals surface area contributed by atoms with Crippen LogP contribution >= 0.6 is 0 Å². The molecule has 1 atom stereocenters. The molecule has 0 amide bonds. The van der Waals surface area contributed by atoms with Gasteiger partial charge in [0, 0.05) is 13.1 Å². The number of aliphatic hydroxyl groups is 1. The van der Waals surface area contributed by atoms with E-state index in [1.54, 1.807) is 25.3 Å². The summed E-state index contributed by atoms with van der Waals surface area (Å²) in [6.07, 6.45) is 5.02. The number of guanidine groups is 1. The maximum Gasteiger partial charge on any atom is 0.191 e. The molecule has 6 nitrogen and oxygen atoms in total. The minimum absolute atomic E-state index is 0.244. The van der Waals surface area contributed by atoms with Gasteiger partial charge in [-0.15, -0.1) is 0 Å². The topological polar surface area (TPSA) is 73.0 Å². The summed E-state index contributed by atoms with van der Waals surface area (Å²) in [7, 11) is 0. The second-order valence-corrected chi connectivity index (χ2v) is 6.57. The summed E-state index contributed by atoms with van der Waals surface area (Å²) < 4.78 is 5.30. The summed E-state index contributed by atoms with van der Waals surface area (Å²) in [5.41, 5.74) is -1.11. The van der Waals surface area contributed by atoms with Crippen molar-refractivity contribution in [2.45, 2.75) is 52.6 Å². The lowest BCUT2D eigenvalue weighted by molar-refractivity contribution is 0.0437. The van der Waals surface area contributed by atoms with Crippen LogP contribution in [0.3, 0.4) is 0 Å². The Kier molecular flexibility index (Phi) is 10.3.